The summed E-state index contributed by atoms with van der Waals surface area (Å²) in [5, 5.41) is 6.85. The summed E-state index contributed by atoms with van der Waals surface area (Å²) in [4.78, 5) is 21.9. The number of halogens is 1. The molecule has 2 aromatic heterocycles. The van der Waals surface area contributed by atoms with E-state index in [0.29, 0.717) is 46.6 Å². The van der Waals surface area contributed by atoms with Crippen molar-refractivity contribution in [3.8, 4) is 5.75 Å². The van der Waals surface area contributed by atoms with Crippen molar-refractivity contribution in [2.24, 2.45) is 0 Å². The fourth-order valence-electron chi connectivity index (χ4n) is 3.18. The van der Waals surface area contributed by atoms with Crippen LogP contribution < -0.4 is 15.6 Å². The van der Waals surface area contributed by atoms with Crippen LogP contribution in [0.3, 0.4) is 0 Å². The van der Waals surface area contributed by atoms with Gasteiger partial charge < -0.3 is 10.1 Å². The highest BCUT2D eigenvalue weighted by molar-refractivity contribution is 6.30. The average Bonchev–Trinajstić information content (AvgIpc) is 3.13. The van der Waals surface area contributed by atoms with Gasteiger partial charge in [-0.1, -0.05) is 41.9 Å². The topological polar surface area (TPSA) is 84.3 Å². The van der Waals surface area contributed by atoms with Crippen molar-refractivity contribution < 1.29 is 4.74 Å². The Kier molecular flexibility index (Phi) is 5.22. The monoisotopic (exact) mass is 409 g/mol. The van der Waals surface area contributed by atoms with Gasteiger partial charge in [-0.15, -0.1) is 0 Å². The number of aryl methyl sites for hydroxylation is 1. The highest BCUT2D eigenvalue weighted by Crippen LogP contribution is 2.27. The zero-order chi connectivity index (χ0) is 20.4. The molecule has 4 rings (SSSR count). The summed E-state index contributed by atoms with van der Waals surface area (Å²) < 4.78 is 6.72. The smallest absolute Gasteiger partial charge is 0.277 e. The van der Waals surface area contributed by atoms with Crippen LogP contribution in [-0.4, -0.2) is 26.7 Å². The van der Waals surface area contributed by atoms with E-state index in [2.05, 4.69) is 20.4 Å². The molecule has 0 fully saturated rings. The number of H-pyrrole nitrogens is 1. The van der Waals surface area contributed by atoms with Gasteiger partial charge in [0.05, 0.1) is 25.0 Å². The number of aromatic amines is 1. The molecule has 29 heavy (non-hydrogen) atoms. The molecule has 0 saturated heterocycles. The Bertz CT molecular complexity index is 1220. The Labute approximate surface area is 172 Å². The molecule has 0 saturated carbocycles. The maximum atomic E-state index is 13.0. The minimum absolute atomic E-state index is 0.143. The molecule has 0 aliphatic rings. The quantitative estimate of drug-likeness (QED) is 0.508. The fraction of sp³-hybridized carbons (Fsp3) is 0.190. The second kappa shape index (κ2) is 7.97. The van der Waals surface area contributed by atoms with Crippen LogP contribution in [0, 0.1) is 6.92 Å². The molecule has 0 aliphatic heterocycles. The molecular weight excluding hydrogens is 390 g/mol. The maximum Gasteiger partial charge on any atom is 0.277 e. The van der Waals surface area contributed by atoms with Crippen LogP contribution in [0.25, 0.3) is 5.78 Å². The Balaban J connectivity index is 1.62. The van der Waals surface area contributed by atoms with Crippen LogP contribution in [0.4, 0.5) is 5.69 Å². The molecular formula is C21H20ClN5O2. The number of ether oxygens (including phenoxy) is 1. The molecule has 0 spiro atoms. The lowest BCUT2D eigenvalue weighted by molar-refractivity contribution is 0.416. The van der Waals surface area contributed by atoms with E-state index in [1.54, 1.807) is 25.3 Å². The van der Waals surface area contributed by atoms with Gasteiger partial charge in [-0.3, -0.25) is 9.89 Å². The van der Waals surface area contributed by atoms with Gasteiger partial charge in [0.1, 0.15) is 11.6 Å². The Morgan fingerprint density at radius 3 is 2.72 bits per heavy atom. The molecule has 0 radical (unpaired) electrons. The van der Waals surface area contributed by atoms with E-state index in [4.69, 9.17) is 16.3 Å². The first kappa shape index (κ1) is 19.0. The molecule has 0 atom stereocenters. The number of anilines is 1. The third-order valence-electron chi connectivity index (χ3n) is 4.67. The van der Waals surface area contributed by atoms with Gasteiger partial charge >= 0.3 is 0 Å². The summed E-state index contributed by atoms with van der Waals surface area (Å²) in [6.07, 6.45) is 0.522. The lowest BCUT2D eigenvalue weighted by Crippen LogP contribution is -2.22. The average molecular weight is 410 g/mol. The van der Waals surface area contributed by atoms with E-state index in [1.807, 2.05) is 37.3 Å². The normalized spacial score (nSPS) is 11.0. The van der Waals surface area contributed by atoms with E-state index in [9.17, 15) is 4.79 Å². The molecule has 8 heteroatoms. The molecule has 0 amide bonds. The van der Waals surface area contributed by atoms with Crippen LogP contribution in [0.15, 0.2) is 53.3 Å². The van der Waals surface area contributed by atoms with Crippen molar-refractivity contribution in [2.75, 3.05) is 12.4 Å². The molecule has 2 aromatic carbocycles. The third kappa shape index (κ3) is 3.95. The van der Waals surface area contributed by atoms with E-state index in [1.165, 1.54) is 4.52 Å². The number of hydrogen-bond donors (Lipinski definition) is 2. The zero-order valence-corrected chi connectivity index (χ0v) is 16.8. The lowest BCUT2D eigenvalue weighted by Gasteiger charge is -2.10. The first-order chi connectivity index (χ1) is 14.0. The Morgan fingerprint density at radius 2 is 1.97 bits per heavy atom. The van der Waals surface area contributed by atoms with Crippen molar-refractivity contribution in [3.05, 3.63) is 86.6 Å². The summed E-state index contributed by atoms with van der Waals surface area (Å²) in [6, 6.07) is 15.2. The largest absolute Gasteiger partial charge is 0.495 e. The SMILES string of the molecule is COc1ccc(Cl)cc1NCc1nc2nc(C)c(Cc3ccccc3)c(=O)n2[nH]1. The predicted octanol–water partition coefficient (Wildman–Crippen LogP) is 3.59. The van der Waals surface area contributed by atoms with E-state index >= 15 is 0 Å². The molecule has 0 bridgehead atoms. The molecule has 7 nitrogen and oxygen atoms in total. The van der Waals surface area contributed by atoms with Crippen molar-refractivity contribution in [1.29, 1.82) is 0 Å². The van der Waals surface area contributed by atoms with Gasteiger partial charge in [0.25, 0.3) is 11.3 Å². The fourth-order valence-corrected chi connectivity index (χ4v) is 3.35. The van der Waals surface area contributed by atoms with Crippen molar-refractivity contribution >= 4 is 23.1 Å². The summed E-state index contributed by atoms with van der Waals surface area (Å²) >= 11 is 6.07. The van der Waals surface area contributed by atoms with Crippen LogP contribution in [0.5, 0.6) is 5.75 Å². The van der Waals surface area contributed by atoms with Gasteiger partial charge in [-0.25, -0.2) is 4.98 Å². The Hall–Kier alpha value is -3.32. The summed E-state index contributed by atoms with van der Waals surface area (Å²) in [5.74, 6) is 1.59. The van der Waals surface area contributed by atoms with E-state index in [0.717, 1.165) is 11.3 Å². The number of benzene rings is 2. The number of nitrogens with zero attached hydrogens (tertiary/aromatic N) is 3. The third-order valence-corrected chi connectivity index (χ3v) is 4.91. The number of hydrogen-bond acceptors (Lipinski definition) is 5. The van der Waals surface area contributed by atoms with Crippen LogP contribution in [0.1, 0.15) is 22.6 Å². The summed E-state index contributed by atoms with van der Waals surface area (Å²) in [5.41, 5.74) is 2.98. The first-order valence-electron chi connectivity index (χ1n) is 9.13. The van der Waals surface area contributed by atoms with Crippen LogP contribution in [-0.2, 0) is 13.0 Å². The maximum absolute atomic E-state index is 13.0. The highest BCUT2D eigenvalue weighted by atomic mass is 35.5. The number of nitrogens with one attached hydrogen (secondary N) is 2. The second-order valence-electron chi connectivity index (χ2n) is 6.65. The molecule has 0 unspecified atom stereocenters. The first-order valence-corrected chi connectivity index (χ1v) is 9.51. The number of rotatable bonds is 6. The predicted molar refractivity (Wildman–Crippen MR) is 113 cm³/mol. The van der Waals surface area contributed by atoms with Crippen molar-refractivity contribution in [3.63, 3.8) is 0 Å². The van der Waals surface area contributed by atoms with Gasteiger partial charge in [0.15, 0.2) is 0 Å². The second-order valence-corrected chi connectivity index (χ2v) is 7.08. The molecule has 2 N–H and O–H groups in total. The summed E-state index contributed by atoms with van der Waals surface area (Å²) in [6.45, 7) is 2.19. The van der Waals surface area contributed by atoms with Gasteiger partial charge in [-0.05, 0) is 30.7 Å². The molecule has 148 valence electrons. The number of methoxy groups -OCH3 is 1. The number of fused-ring (bicyclic) bond motifs is 1. The minimum Gasteiger partial charge on any atom is -0.495 e. The van der Waals surface area contributed by atoms with Crippen molar-refractivity contribution in [1.82, 2.24) is 19.6 Å². The van der Waals surface area contributed by atoms with E-state index < -0.39 is 0 Å². The molecule has 0 aliphatic carbocycles. The van der Waals surface area contributed by atoms with Crippen molar-refractivity contribution in [2.45, 2.75) is 19.9 Å². The Morgan fingerprint density at radius 1 is 1.17 bits per heavy atom. The van der Waals surface area contributed by atoms with Crippen LogP contribution >= 0.6 is 11.6 Å². The minimum atomic E-state index is -0.143. The number of aromatic nitrogens is 4. The van der Waals surface area contributed by atoms with Crippen LogP contribution in [0.2, 0.25) is 5.02 Å². The van der Waals surface area contributed by atoms with E-state index in [-0.39, 0.29) is 5.56 Å². The van der Waals surface area contributed by atoms with Gasteiger partial charge in [0.2, 0.25) is 0 Å². The standard InChI is InChI=1S/C21H20ClN5O2/c1-13-16(10-14-6-4-3-5-7-14)20(28)27-21(24-13)25-19(26-27)12-23-17-11-15(22)8-9-18(17)29-2/h3-9,11,23H,10,12H2,1-2H3,(H,24,25,26). The summed E-state index contributed by atoms with van der Waals surface area (Å²) in [7, 11) is 1.59. The zero-order valence-electron chi connectivity index (χ0n) is 16.1. The van der Waals surface area contributed by atoms with Gasteiger partial charge in [-0.2, -0.15) is 9.50 Å². The lowest BCUT2D eigenvalue weighted by atomic mass is 10.1. The van der Waals surface area contributed by atoms with Gasteiger partial charge in [0, 0.05) is 17.0 Å². The molecule has 4 aromatic rings. The highest BCUT2D eigenvalue weighted by Gasteiger charge is 2.14. The molecule has 2 heterocycles.